The molecule has 0 aliphatic carbocycles. The Kier molecular flexibility index (Phi) is 2.83. The second-order valence-corrected chi connectivity index (χ2v) is 3.70. The van der Waals surface area contributed by atoms with Crippen molar-refractivity contribution in [1.82, 2.24) is 0 Å². The first-order valence-electron chi connectivity index (χ1n) is 4.53. The molecule has 0 saturated heterocycles. The molecule has 88 valence electrons. The lowest BCUT2D eigenvalue weighted by atomic mass is 10.2. The molecule has 1 unspecified atom stereocenters. The van der Waals surface area contributed by atoms with E-state index in [0.29, 0.717) is 0 Å². The zero-order chi connectivity index (χ0) is 12.6. The Labute approximate surface area is 99.2 Å². The highest BCUT2D eigenvalue weighted by Crippen LogP contribution is 2.22. The average molecular weight is 256 g/mol. The molecule has 1 N–H and O–H groups in total. The first-order valence-corrected chi connectivity index (χ1v) is 4.97. The maximum atomic E-state index is 11.6. The summed E-state index contributed by atoms with van der Waals surface area (Å²) in [7, 11) is 0. The molecule has 0 bridgehead atoms. The van der Waals surface area contributed by atoms with E-state index >= 15 is 0 Å². The fraction of sp³-hybridized carbons (Fsp3) is 0.100. The van der Waals surface area contributed by atoms with Gasteiger partial charge in [0.05, 0.1) is 10.3 Å². The number of alkyl halides is 1. The zero-order valence-electron chi connectivity index (χ0n) is 8.29. The highest BCUT2D eigenvalue weighted by atomic mass is 35.5. The standard InChI is InChI=1S/C10H6ClNO5/c11-10(14)9-4-7(13)6-3-5(12(15)16)1-2-8(6)17-9/h1-4,10,14H. The maximum Gasteiger partial charge on any atom is 0.270 e. The number of rotatable bonds is 2. The molecule has 0 aliphatic rings. The summed E-state index contributed by atoms with van der Waals surface area (Å²) >= 11 is 5.37. The topological polar surface area (TPSA) is 93.6 Å². The van der Waals surface area contributed by atoms with Gasteiger partial charge in [-0.3, -0.25) is 14.9 Å². The molecule has 1 heterocycles. The van der Waals surface area contributed by atoms with Crippen LogP contribution in [0, 0.1) is 10.1 Å². The highest BCUT2D eigenvalue weighted by Gasteiger charge is 2.13. The van der Waals surface area contributed by atoms with Crippen molar-refractivity contribution in [2.24, 2.45) is 0 Å². The molecule has 1 atom stereocenters. The normalized spacial score (nSPS) is 12.6. The zero-order valence-corrected chi connectivity index (χ0v) is 9.05. The van der Waals surface area contributed by atoms with Gasteiger partial charge >= 0.3 is 0 Å². The monoisotopic (exact) mass is 255 g/mol. The van der Waals surface area contributed by atoms with Crippen molar-refractivity contribution in [2.75, 3.05) is 0 Å². The van der Waals surface area contributed by atoms with Gasteiger partial charge in [-0.25, -0.2) is 0 Å². The van der Waals surface area contributed by atoms with Crippen LogP contribution in [0.15, 0.2) is 33.5 Å². The minimum Gasteiger partial charge on any atom is -0.457 e. The van der Waals surface area contributed by atoms with E-state index in [4.69, 9.17) is 21.1 Å². The van der Waals surface area contributed by atoms with Crippen LogP contribution in [0.1, 0.15) is 11.3 Å². The molecular weight excluding hydrogens is 250 g/mol. The Bertz CT molecular complexity index is 649. The molecule has 0 spiro atoms. The lowest BCUT2D eigenvalue weighted by Gasteiger charge is -2.03. The summed E-state index contributed by atoms with van der Waals surface area (Å²) in [6.07, 6.45) is 0. The highest BCUT2D eigenvalue weighted by molar-refractivity contribution is 6.19. The number of halogens is 1. The smallest absolute Gasteiger partial charge is 0.270 e. The van der Waals surface area contributed by atoms with Crippen LogP contribution < -0.4 is 5.43 Å². The molecule has 1 aromatic carbocycles. The second kappa shape index (κ2) is 4.15. The summed E-state index contributed by atoms with van der Waals surface area (Å²) < 4.78 is 5.13. The van der Waals surface area contributed by atoms with Gasteiger partial charge in [-0.2, -0.15) is 0 Å². The van der Waals surface area contributed by atoms with Crippen LogP contribution in [0.3, 0.4) is 0 Å². The quantitative estimate of drug-likeness (QED) is 0.503. The summed E-state index contributed by atoms with van der Waals surface area (Å²) in [5.41, 5.74) is -1.99. The van der Waals surface area contributed by atoms with Crippen molar-refractivity contribution in [3.05, 3.63) is 50.4 Å². The first-order chi connectivity index (χ1) is 7.99. The van der Waals surface area contributed by atoms with Crippen molar-refractivity contribution < 1.29 is 14.4 Å². The molecule has 0 aliphatic heterocycles. The third kappa shape index (κ3) is 2.13. The number of nitro groups is 1. The molecule has 0 radical (unpaired) electrons. The number of nitrogens with zero attached hydrogens (tertiary/aromatic N) is 1. The number of hydrogen-bond acceptors (Lipinski definition) is 5. The molecule has 1 aromatic heterocycles. The minimum absolute atomic E-state index is 0.0697. The fourth-order valence-electron chi connectivity index (χ4n) is 1.39. The van der Waals surface area contributed by atoms with Crippen LogP contribution in [0.4, 0.5) is 5.69 Å². The van der Waals surface area contributed by atoms with Crippen molar-refractivity contribution >= 4 is 28.3 Å². The van der Waals surface area contributed by atoms with Gasteiger partial charge in [0.25, 0.3) is 5.69 Å². The molecule has 2 aromatic rings. The van der Waals surface area contributed by atoms with Crippen LogP contribution in [0.25, 0.3) is 11.0 Å². The van der Waals surface area contributed by atoms with Gasteiger partial charge in [-0.1, -0.05) is 11.6 Å². The third-order valence-electron chi connectivity index (χ3n) is 2.18. The molecule has 6 nitrogen and oxygen atoms in total. The summed E-state index contributed by atoms with van der Waals surface area (Å²) in [5, 5.41) is 19.7. The fourth-order valence-corrected chi connectivity index (χ4v) is 1.50. The van der Waals surface area contributed by atoms with E-state index in [1.54, 1.807) is 0 Å². The first kappa shape index (κ1) is 11.6. The number of nitro benzene ring substituents is 1. The predicted molar refractivity (Wildman–Crippen MR) is 60.0 cm³/mol. The van der Waals surface area contributed by atoms with E-state index < -0.39 is 15.9 Å². The summed E-state index contributed by atoms with van der Waals surface area (Å²) in [4.78, 5) is 21.6. The average Bonchev–Trinajstić information content (AvgIpc) is 2.28. The van der Waals surface area contributed by atoms with Crippen LogP contribution >= 0.6 is 11.6 Å². The molecule has 2 rings (SSSR count). The Morgan fingerprint density at radius 2 is 2.12 bits per heavy atom. The number of non-ortho nitro benzene ring substituents is 1. The largest absolute Gasteiger partial charge is 0.457 e. The van der Waals surface area contributed by atoms with Crippen LogP contribution in [0.5, 0.6) is 0 Å². The van der Waals surface area contributed by atoms with E-state index in [-0.39, 0.29) is 22.4 Å². The van der Waals surface area contributed by atoms with Gasteiger partial charge in [0.1, 0.15) is 5.58 Å². The summed E-state index contributed by atoms with van der Waals surface area (Å²) in [6.45, 7) is 0. The Balaban J connectivity index is 2.73. The van der Waals surface area contributed by atoms with Gasteiger partial charge in [-0.05, 0) is 6.07 Å². The molecule has 0 fully saturated rings. The Morgan fingerprint density at radius 3 is 2.71 bits per heavy atom. The van der Waals surface area contributed by atoms with E-state index in [1.165, 1.54) is 12.1 Å². The predicted octanol–water partition coefficient (Wildman–Crippen LogP) is 1.93. The third-order valence-corrected chi connectivity index (χ3v) is 2.39. The number of aliphatic hydroxyl groups excluding tert-OH is 1. The molecule has 17 heavy (non-hydrogen) atoms. The maximum absolute atomic E-state index is 11.6. The number of aliphatic hydroxyl groups is 1. The Hall–Kier alpha value is -1.92. The van der Waals surface area contributed by atoms with Gasteiger partial charge in [0.15, 0.2) is 16.8 Å². The van der Waals surface area contributed by atoms with E-state index in [0.717, 1.165) is 12.1 Å². The van der Waals surface area contributed by atoms with Crippen molar-refractivity contribution in [1.29, 1.82) is 0 Å². The molecule has 0 amide bonds. The lowest BCUT2D eigenvalue weighted by Crippen LogP contribution is -2.03. The summed E-state index contributed by atoms with van der Waals surface area (Å²) in [6, 6.07) is 4.61. The second-order valence-electron chi connectivity index (χ2n) is 3.29. The van der Waals surface area contributed by atoms with Crippen molar-refractivity contribution in [3.63, 3.8) is 0 Å². The van der Waals surface area contributed by atoms with Crippen LogP contribution in [-0.2, 0) is 0 Å². The van der Waals surface area contributed by atoms with Crippen LogP contribution in [-0.4, -0.2) is 10.0 Å². The van der Waals surface area contributed by atoms with E-state index in [2.05, 4.69) is 0 Å². The van der Waals surface area contributed by atoms with Gasteiger partial charge < -0.3 is 9.52 Å². The SMILES string of the molecule is O=c1cc(C(O)Cl)oc2ccc([N+](=O)[O-])cc12. The lowest BCUT2D eigenvalue weighted by molar-refractivity contribution is -0.384. The molecule has 7 heteroatoms. The van der Waals surface area contributed by atoms with Crippen molar-refractivity contribution in [2.45, 2.75) is 5.56 Å². The van der Waals surface area contributed by atoms with E-state index in [9.17, 15) is 14.9 Å². The van der Waals surface area contributed by atoms with Crippen molar-refractivity contribution in [3.8, 4) is 0 Å². The number of hydrogen-bond donors (Lipinski definition) is 1. The Morgan fingerprint density at radius 1 is 1.41 bits per heavy atom. The summed E-state index contributed by atoms with van der Waals surface area (Å²) in [5.74, 6) is -0.0991. The number of fused-ring (bicyclic) bond motifs is 1. The van der Waals surface area contributed by atoms with Gasteiger partial charge in [0, 0.05) is 18.2 Å². The minimum atomic E-state index is -1.43. The molecular formula is C10H6ClNO5. The number of benzene rings is 1. The van der Waals surface area contributed by atoms with Gasteiger partial charge in [-0.15, -0.1) is 0 Å². The van der Waals surface area contributed by atoms with Gasteiger partial charge in [0.2, 0.25) is 0 Å². The van der Waals surface area contributed by atoms with E-state index in [1.807, 2.05) is 0 Å². The van der Waals surface area contributed by atoms with Crippen LogP contribution in [0.2, 0.25) is 0 Å². The molecule has 0 saturated carbocycles.